The minimum absolute atomic E-state index is 0.0836. The zero-order valence-corrected chi connectivity index (χ0v) is 11.5. The Hall–Kier alpha value is -1.60. The Balaban J connectivity index is 1.99. The van der Waals surface area contributed by atoms with Gasteiger partial charge in [-0.05, 0) is 13.8 Å². The predicted molar refractivity (Wildman–Crippen MR) is 72.3 cm³/mol. The summed E-state index contributed by atoms with van der Waals surface area (Å²) >= 11 is 1.55. The average molecular weight is 278 g/mol. The molecule has 1 atom stereocenters. The standard InChI is InChI=1S/C12H14N4O2S/c1-6-9(3-4-17)19-12-15-10-8(11(18)16(6)12)5-13-7(2)14-10/h5,12,17H,3-4H2,1-2H3,(H,13,14,15). The van der Waals surface area contributed by atoms with Gasteiger partial charge in [-0.2, -0.15) is 0 Å². The fraction of sp³-hybridized carbons (Fsp3) is 0.417. The molecular formula is C12H14N4O2S. The molecule has 0 aliphatic carbocycles. The number of hydrogen-bond acceptors (Lipinski definition) is 6. The molecule has 0 saturated heterocycles. The topological polar surface area (TPSA) is 78.3 Å². The van der Waals surface area contributed by atoms with Crippen molar-refractivity contribution in [1.82, 2.24) is 14.9 Å². The Bertz CT molecular complexity index is 587. The maximum absolute atomic E-state index is 12.5. The molecule has 2 aliphatic rings. The monoisotopic (exact) mass is 278 g/mol. The molecule has 0 aromatic carbocycles. The van der Waals surface area contributed by atoms with Crippen LogP contribution in [0.5, 0.6) is 0 Å². The highest BCUT2D eigenvalue weighted by Crippen LogP contribution is 2.43. The third-order valence-electron chi connectivity index (χ3n) is 3.21. The van der Waals surface area contributed by atoms with Crippen LogP contribution < -0.4 is 5.32 Å². The first-order chi connectivity index (χ1) is 9.11. The molecule has 1 amide bonds. The van der Waals surface area contributed by atoms with Gasteiger partial charge in [-0.25, -0.2) is 9.97 Å². The van der Waals surface area contributed by atoms with E-state index in [1.165, 1.54) is 0 Å². The maximum Gasteiger partial charge on any atom is 0.265 e. The summed E-state index contributed by atoms with van der Waals surface area (Å²) in [6, 6.07) is 0. The second kappa shape index (κ2) is 4.50. The fourth-order valence-corrected chi connectivity index (χ4v) is 3.54. The van der Waals surface area contributed by atoms with Crippen LogP contribution in [0.4, 0.5) is 5.82 Å². The molecule has 3 heterocycles. The lowest BCUT2D eigenvalue weighted by Crippen LogP contribution is -2.43. The number of carbonyl (C=O) groups is 1. The Morgan fingerprint density at radius 1 is 1.53 bits per heavy atom. The predicted octanol–water partition coefficient (Wildman–Crippen LogP) is 1.30. The van der Waals surface area contributed by atoms with E-state index >= 15 is 0 Å². The normalized spacial score (nSPS) is 21.3. The largest absolute Gasteiger partial charge is 0.396 e. The summed E-state index contributed by atoms with van der Waals surface area (Å²) in [5, 5.41) is 12.3. The zero-order valence-electron chi connectivity index (χ0n) is 10.7. The third-order valence-corrected chi connectivity index (χ3v) is 4.55. The van der Waals surface area contributed by atoms with E-state index in [2.05, 4.69) is 15.3 Å². The molecule has 0 bridgehead atoms. The molecule has 0 saturated carbocycles. The van der Waals surface area contributed by atoms with Crippen LogP contribution in [0.1, 0.15) is 29.5 Å². The highest BCUT2D eigenvalue weighted by atomic mass is 32.2. The molecule has 19 heavy (non-hydrogen) atoms. The van der Waals surface area contributed by atoms with Gasteiger partial charge in [0.25, 0.3) is 5.91 Å². The van der Waals surface area contributed by atoms with Gasteiger partial charge in [0.05, 0.1) is 0 Å². The lowest BCUT2D eigenvalue weighted by Gasteiger charge is -2.32. The highest BCUT2D eigenvalue weighted by molar-refractivity contribution is 8.04. The van der Waals surface area contributed by atoms with E-state index in [0.29, 0.717) is 23.6 Å². The SMILES string of the molecule is CC1=C(CCO)SC2Nc3nc(C)ncc3C(=O)N12. The Morgan fingerprint density at radius 3 is 3.05 bits per heavy atom. The number of aryl methyl sites for hydroxylation is 1. The molecule has 2 aliphatic heterocycles. The van der Waals surface area contributed by atoms with Crippen LogP contribution in [0.2, 0.25) is 0 Å². The minimum atomic E-state index is -0.171. The van der Waals surface area contributed by atoms with E-state index in [9.17, 15) is 4.79 Å². The molecule has 2 N–H and O–H groups in total. The first-order valence-electron chi connectivity index (χ1n) is 6.03. The van der Waals surface area contributed by atoms with Crippen molar-refractivity contribution in [3.8, 4) is 0 Å². The number of fused-ring (bicyclic) bond motifs is 2. The van der Waals surface area contributed by atoms with Gasteiger partial charge < -0.3 is 10.4 Å². The summed E-state index contributed by atoms with van der Waals surface area (Å²) < 4.78 is 0. The lowest BCUT2D eigenvalue weighted by atomic mass is 10.2. The van der Waals surface area contributed by atoms with Crippen molar-refractivity contribution in [2.75, 3.05) is 11.9 Å². The molecular weight excluding hydrogens is 264 g/mol. The van der Waals surface area contributed by atoms with Crippen molar-refractivity contribution in [1.29, 1.82) is 0 Å². The number of aliphatic hydroxyl groups excluding tert-OH is 1. The van der Waals surface area contributed by atoms with E-state index in [1.807, 2.05) is 6.92 Å². The number of aliphatic hydroxyl groups is 1. The summed E-state index contributed by atoms with van der Waals surface area (Å²) in [5.41, 5.74) is 1.22. The first kappa shape index (κ1) is 12.4. The van der Waals surface area contributed by atoms with Crippen LogP contribution in [-0.4, -0.2) is 38.0 Å². The number of aromatic nitrogens is 2. The second-order valence-electron chi connectivity index (χ2n) is 4.45. The van der Waals surface area contributed by atoms with Gasteiger partial charge in [0.2, 0.25) is 0 Å². The highest BCUT2D eigenvalue weighted by Gasteiger charge is 2.40. The molecule has 100 valence electrons. The number of thioether (sulfide) groups is 1. The Labute approximate surface area is 114 Å². The zero-order chi connectivity index (χ0) is 13.6. The Kier molecular flexibility index (Phi) is 2.94. The third kappa shape index (κ3) is 1.89. The summed E-state index contributed by atoms with van der Waals surface area (Å²) in [6.07, 6.45) is 2.13. The lowest BCUT2D eigenvalue weighted by molar-refractivity contribution is 0.0795. The number of nitrogens with zero attached hydrogens (tertiary/aromatic N) is 3. The summed E-state index contributed by atoms with van der Waals surface area (Å²) in [4.78, 5) is 23.5. The van der Waals surface area contributed by atoms with Crippen LogP contribution in [0.3, 0.4) is 0 Å². The van der Waals surface area contributed by atoms with E-state index in [-0.39, 0.29) is 18.0 Å². The van der Waals surface area contributed by atoms with Gasteiger partial charge in [0, 0.05) is 29.8 Å². The van der Waals surface area contributed by atoms with Crippen LogP contribution in [0, 0.1) is 6.92 Å². The van der Waals surface area contributed by atoms with Crippen molar-refractivity contribution in [3.63, 3.8) is 0 Å². The van der Waals surface area contributed by atoms with E-state index in [0.717, 1.165) is 10.6 Å². The molecule has 1 aromatic rings. The van der Waals surface area contributed by atoms with E-state index in [1.54, 1.807) is 29.8 Å². The molecule has 0 radical (unpaired) electrons. The van der Waals surface area contributed by atoms with Crippen LogP contribution in [0.15, 0.2) is 16.8 Å². The van der Waals surface area contributed by atoms with Crippen molar-refractivity contribution >= 4 is 23.5 Å². The molecule has 7 heteroatoms. The molecule has 1 unspecified atom stereocenters. The van der Waals surface area contributed by atoms with Crippen LogP contribution in [0.25, 0.3) is 0 Å². The Morgan fingerprint density at radius 2 is 2.32 bits per heavy atom. The van der Waals surface area contributed by atoms with E-state index < -0.39 is 0 Å². The number of amides is 1. The van der Waals surface area contributed by atoms with Crippen molar-refractivity contribution in [2.45, 2.75) is 25.8 Å². The number of hydrogen-bond donors (Lipinski definition) is 2. The average Bonchev–Trinajstić information content (AvgIpc) is 2.67. The maximum atomic E-state index is 12.5. The van der Waals surface area contributed by atoms with Gasteiger partial charge in [0.15, 0.2) is 5.50 Å². The van der Waals surface area contributed by atoms with Crippen LogP contribution >= 0.6 is 11.8 Å². The molecule has 1 aromatic heterocycles. The number of nitrogens with one attached hydrogen (secondary N) is 1. The van der Waals surface area contributed by atoms with Crippen LogP contribution in [-0.2, 0) is 0 Å². The smallest absolute Gasteiger partial charge is 0.265 e. The first-order valence-corrected chi connectivity index (χ1v) is 6.91. The van der Waals surface area contributed by atoms with Gasteiger partial charge in [0.1, 0.15) is 17.2 Å². The number of carbonyl (C=O) groups excluding carboxylic acids is 1. The molecule has 0 spiro atoms. The molecule has 6 nitrogen and oxygen atoms in total. The summed E-state index contributed by atoms with van der Waals surface area (Å²) in [6.45, 7) is 3.78. The van der Waals surface area contributed by atoms with Crippen molar-refractivity contribution < 1.29 is 9.90 Å². The van der Waals surface area contributed by atoms with Crippen molar-refractivity contribution in [3.05, 3.63) is 28.2 Å². The summed E-state index contributed by atoms with van der Waals surface area (Å²) in [5.74, 6) is 1.14. The number of anilines is 1. The fourth-order valence-electron chi connectivity index (χ4n) is 2.26. The molecule has 0 fully saturated rings. The number of rotatable bonds is 2. The number of allylic oxidation sites excluding steroid dienone is 1. The molecule has 3 rings (SSSR count). The summed E-state index contributed by atoms with van der Waals surface area (Å²) in [7, 11) is 0. The van der Waals surface area contributed by atoms with Crippen molar-refractivity contribution in [2.24, 2.45) is 0 Å². The minimum Gasteiger partial charge on any atom is -0.396 e. The van der Waals surface area contributed by atoms with Gasteiger partial charge in [-0.15, -0.1) is 0 Å². The quantitative estimate of drug-likeness (QED) is 0.849. The van der Waals surface area contributed by atoms with Gasteiger partial charge >= 0.3 is 0 Å². The second-order valence-corrected chi connectivity index (χ2v) is 5.63. The van der Waals surface area contributed by atoms with Gasteiger partial charge in [-0.1, -0.05) is 11.8 Å². The van der Waals surface area contributed by atoms with E-state index in [4.69, 9.17) is 5.11 Å². The van der Waals surface area contributed by atoms with Gasteiger partial charge in [-0.3, -0.25) is 9.69 Å².